The number of esters is 1. The second kappa shape index (κ2) is 11.7. The number of benzene rings is 3. The molecule has 3 aromatic rings. The Labute approximate surface area is 218 Å². The van der Waals surface area contributed by atoms with Crippen molar-refractivity contribution < 1.29 is 23.8 Å². The van der Waals surface area contributed by atoms with Crippen molar-refractivity contribution in [1.29, 1.82) is 0 Å². The average Bonchev–Trinajstić information content (AvgIpc) is 2.95. The van der Waals surface area contributed by atoms with Gasteiger partial charge in [0.1, 0.15) is 11.7 Å². The van der Waals surface area contributed by atoms with Crippen LogP contribution in [0.1, 0.15) is 53.9 Å². The SMILES string of the molecule is COC(=O)C(C(=O)C(c1ccccc1)c1ccccc1)C1CCc2c(cccc2OC2CCCCO2)C1. The van der Waals surface area contributed by atoms with Gasteiger partial charge in [-0.15, -0.1) is 0 Å². The van der Waals surface area contributed by atoms with Crippen LogP contribution in [0.3, 0.4) is 0 Å². The molecule has 5 rings (SSSR count). The number of methoxy groups -OCH3 is 1. The van der Waals surface area contributed by atoms with Crippen LogP contribution < -0.4 is 4.74 Å². The van der Waals surface area contributed by atoms with Gasteiger partial charge in [-0.3, -0.25) is 9.59 Å². The third-order valence-corrected chi connectivity index (χ3v) is 7.66. The molecular formula is C32H34O5. The molecule has 37 heavy (non-hydrogen) atoms. The van der Waals surface area contributed by atoms with Gasteiger partial charge >= 0.3 is 5.97 Å². The van der Waals surface area contributed by atoms with Gasteiger partial charge in [-0.1, -0.05) is 72.8 Å². The molecule has 1 aliphatic heterocycles. The fourth-order valence-corrected chi connectivity index (χ4v) is 5.80. The van der Waals surface area contributed by atoms with Crippen LogP contribution in [-0.4, -0.2) is 31.8 Å². The Morgan fingerprint density at radius 2 is 1.57 bits per heavy atom. The Hall–Kier alpha value is -3.44. The van der Waals surface area contributed by atoms with Crippen LogP contribution in [0.4, 0.5) is 0 Å². The van der Waals surface area contributed by atoms with Crippen LogP contribution in [0.15, 0.2) is 78.9 Å². The van der Waals surface area contributed by atoms with Gasteiger partial charge in [-0.25, -0.2) is 0 Å². The second-order valence-electron chi connectivity index (χ2n) is 9.97. The first-order valence-electron chi connectivity index (χ1n) is 13.3. The predicted octanol–water partition coefficient (Wildman–Crippen LogP) is 5.89. The van der Waals surface area contributed by atoms with E-state index in [0.717, 1.165) is 60.3 Å². The highest BCUT2D eigenvalue weighted by atomic mass is 16.7. The molecule has 2 aliphatic rings. The highest BCUT2D eigenvalue weighted by Gasteiger charge is 2.41. The Kier molecular flexibility index (Phi) is 8.00. The molecule has 3 atom stereocenters. The second-order valence-corrected chi connectivity index (χ2v) is 9.97. The monoisotopic (exact) mass is 498 g/mol. The zero-order valence-corrected chi connectivity index (χ0v) is 21.3. The van der Waals surface area contributed by atoms with E-state index in [0.29, 0.717) is 12.8 Å². The Bertz CT molecular complexity index is 1160. The summed E-state index contributed by atoms with van der Waals surface area (Å²) in [6.07, 6.45) is 4.94. The molecule has 0 amide bonds. The van der Waals surface area contributed by atoms with Crippen molar-refractivity contribution in [3.8, 4) is 5.75 Å². The van der Waals surface area contributed by atoms with E-state index >= 15 is 0 Å². The largest absolute Gasteiger partial charge is 0.468 e. The van der Waals surface area contributed by atoms with E-state index in [1.54, 1.807) is 0 Å². The molecule has 1 heterocycles. The number of carbonyl (C=O) groups is 2. The molecule has 3 unspecified atom stereocenters. The van der Waals surface area contributed by atoms with E-state index in [-0.39, 0.29) is 18.0 Å². The molecule has 0 radical (unpaired) electrons. The maximum atomic E-state index is 14.2. The number of hydrogen-bond donors (Lipinski definition) is 0. The van der Waals surface area contributed by atoms with Crippen LogP contribution in [0.2, 0.25) is 0 Å². The van der Waals surface area contributed by atoms with Crippen molar-refractivity contribution in [1.82, 2.24) is 0 Å². The molecular weight excluding hydrogens is 464 g/mol. The lowest BCUT2D eigenvalue weighted by molar-refractivity contribution is -0.152. The number of ketones is 1. The van der Waals surface area contributed by atoms with E-state index in [1.165, 1.54) is 7.11 Å². The standard InChI is InChI=1S/C32H34O5/c1-35-32(34)30(31(33)29(22-11-4-2-5-12-22)23-13-6-3-7-14-23)25-18-19-26-24(21-25)15-10-16-27(26)37-28-17-8-9-20-36-28/h2-7,10-16,25,28-30H,8-9,17-21H2,1H3. The fourth-order valence-electron chi connectivity index (χ4n) is 5.80. The number of Topliss-reactive ketones (excluding diaryl/α,β-unsaturated/α-hetero) is 1. The summed E-state index contributed by atoms with van der Waals surface area (Å²) in [4.78, 5) is 27.4. The number of hydrogen-bond acceptors (Lipinski definition) is 5. The van der Waals surface area contributed by atoms with Gasteiger partial charge in [-0.05, 0) is 66.3 Å². The molecule has 3 aromatic carbocycles. The van der Waals surface area contributed by atoms with E-state index in [9.17, 15) is 9.59 Å². The summed E-state index contributed by atoms with van der Waals surface area (Å²) in [5, 5.41) is 0. The normalized spacial score (nSPS) is 20.1. The number of fused-ring (bicyclic) bond motifs is 1. The smallest absolute Gasteiger partial charge is 0.316 e. The van der Waals surface area contributed by atoms with Crippen LogP contribution in [0, 0.1) is 11.8 Å². The van der Waals surface area contributed by atoms with Crippen molar-refractivity contribution in [2.45, 2.75) is 50.7 Å². The maximum Gasteiger partial charge on any atom is 0.316 e. The molecule has 0 saturated carbocycles. The average molecular weight is 499 g/mol. The summed E-state index contributed by atoms with van der Waals surface area (Å²) in [6, 6.07) is 25.5. The first kappa shape index (κ1) is 25.2. The van der Waals surface area contributed by atoms with Crippen LogP contribution in [-0.2, 0) is 31.9 Å². The minimum Gasteiger partial charge on any atom is -0.468 e. The van der Waals surface area contributed by atoms with Gasteiger partial charge in [0.05, 0.1) is 19.6 Å². The Balaban J connectivity index is 1.43. The summed E-state index contributed by atoms with van der Waals surface area (Å²) < 4.78 is 17.3. The molecule has 1 saturated heterocycles. The zero-order valence-electron chi connectivity index (χ0n) is 21.3. The quantitative estimate of drug-likeness (QED) is 0.286. The number of carbonyl (C=O) groups excluding carboxylic acids is 2. The Morgan fingerprint density at radius 1 is 0.865 bits per heavy atom. The highest BCUT2D eigenvalue weighted by molar-refractivity contribution is 6.04. The molecule has 5 heteroatoms. The highest BCUT2D eigenvalue weighted by Crippen LogP contribution is 2.39. The van der Waals surface area contributed by atoms with Crippen LogP contribution in [0.5, 0.6) is 5.75 Å². The number of ether oxygens (including phenoxy) is 3. The summed E-state index contributed by atoms with van der Waals surface area (Å²) >= 11 is 0. The van der Waals surface area contributed by atoms with Gasteiger partial charge in [0.25, 0.3) is 0 Å². The molecule has 0 spiro atoms. The minimum absolute atomic E-state index is 0.110. The Morgan fingerprint density at radius 3 is 2.19 bits per heavy atom. The van der Waals surface area contributed by atoms with E-state index < -0.39 is 17.8 Å². The van der Waals surface area contributed by atoms with Gasteiger partial charge in [0.15, 0.2) is 12.1 Å². The number of rotatable bonds is 8. The zero-order chi connectivity index (χ0) is 25.6. The summed E-state index contributed by atoms with van der Waals surface area (Å²) in [5.41, 5.74) is 4.05. The van der Waals surface area contributed by atoms with Gasteiger partial charge < -0.3 is 14.2 Å². The topological polar surface area (TPSA) is 61.8 Å². The molecule has 0 aromatic heterocycles. The third kappa shape index (κ3) is 5.62. The van der Waals surface area contributed by atoms with Crippen LogP contribution >= 0.6 is 0 Å². The minimum atomic E-state index is -0.852. The van der Waals surface area contributed by atoms with Gasteiger partial charge in [0.2, 0.25) is 0 Å². The third-order valence-electron chi connectivity index (χ3n) is 7.66. The van der Waals surface area contributed by atoms with Crippen molar-refractivity contribution in [2.75, 3.05) is 13.7 Å². The van der Waals surface area contributed by atoms with Crippen LogP contribution in [0.25, 0.3) is 0 Å². The molecule has 0 N–H and O–H groups in total. The van der Waals surface area contributed by atoms with E-state index in [4.69, 9.17) is 14.2 Å². The maximum absolute atomic E-state index is 14.2. The summed E-state index contributed by atoms with van der Waals surface area (Å²) in [7, 11) is 1.37. The lowest BCUT2D eigenvalue weighted by atomic mass is 9.71. The predicted molar refractivity (Wildman–Crippen MR) is 141 cm³/mol. The van der Waals surface area contributed by atoms with Crippen molar-refractivity contribution in [3.05, 3.63) is 101 Å². The van der Waals surface area contributed by atoms with E-state index in [1.807, 2.05) is 72.8 Å². The fraction of sp³-hybridized carbons (Fsp3) is 0.375. The molecule has 1 fully saturated rings. The first-order chi connectivity index (χ1) is 18.2. The van der Waals surface area contributed by atoms with E-state index in [2.05, 4.69) is 6.07 Å². The molecule has 5 nitrogen and oxygen atoms in total. The molecule has 1 aliphatic carbocycles. The molecule has 192 valence electrons. The molecule has 0 bridgehead atoms. The first-order valence-corrected chi connectivity index (χ1v) is 13.3. The van der Waals surface area contributed by atoms with Crippen molar-refractivity contribution >= 4 is 11.8 Å². The van der Waals surface area contributed by atoms with Gasteiger partial charge in [0, 0.05) is 6.42 Å². The summed E-state index contributed by atoms with van der Waals surface area (Å²) in [5.74, 6) is -1.25. The lowest BCUT2D eigenvalue weighted by Crippen LogP contribution is -2.38. The van der Waals surface area contributed by atoms with Crippen molar-refractivity contribution in [2.24, 2.45) is 11.8 Å². The van der Waals surface area contributed by atoms with Crippen molar-refractivity contribution in [3.63, 3.8) is 0 Å². The lowest BCUT2D eigenvalue weighted by Gasteiger charge is -2.33. The van der Waals surface area contributed by atoms with Gasteiger partial charge in [-0.2, -0.15) is 0 Å². The summed E-state index contributed by atoms with van der Waals surface area (Å²) in [6.45, 7) is 0.731.